The minimum absolute atomic E-state index is 0.116. The maximum Gasteiger partial charge on any atom is 0.339 e. The number of aromatic amines is 1. The number of aromatic nitrogens is 1. The van der Waals surface area contributed by atoms with Crippen LogP contribution in [-0.2, 0) is 13.0 Å². The van der Waals surface area contributed by atoms with Crippen molar-refractivity contribution in [2.75, 3.05) is 6.61 Å². The van der Waals surface area contributed by atoms with Crippen LogP contribution in [0.15, 0.2) is 79.0 Å². The van der Waals surface area contributed by atoms with E-state index >= 15 is 0 Å². The molecule has 1 heterocycles. The number of carboxylic acid groups (broad SMARTS) is 1. The molecule has 0 saturated heterocycles. The number of hydrogen-bond acceptors (Lipinski definition) is 3. The van der Waals surface area contributed by atoms with Crippen LogP contribution in [0, 0.1) is 0 Å². The maximum absolute atomic E-state index is 11.5. The van der Waals surface area contributed by atoms with Gasteiger partial charge in [0.15, 0.2) is 0 Å². The lowest BCUT2D eigenvalue weighted by atomic mass is 10.1. The van der Waals surface area contributed by atoms with Gasteiger partial charge >= 0.3 is 5.97 Å². The molecule has 0 fully saturated rings. The standard InChI is InChI=1S/C24H21NO4/c26-24(27)21-11-10-19(14-23(21)29-16-17-6-2-1-3-7-17)28-13-12-18-15-25-22-9-5-4-8-20(18)22/h1-11,14-15,25H,12-13,16H2,(H,26,27). The van der Waals surface area contributed by atoms with Crippen LogP contribution in [0.1, 0.15) is 21.5 Å². The molecule has 0 unspecified atom stereocenters. The first kappa shape index (κ1) is 18.6. The summed E-state index contributed by atoms with van der Waals surface area (Å²) in [4.78, 5) is 14.8. The summed E-state index contributed by atoms with van der Waals surface area (Å²) in [5.74, 6) is -0.151. The van der Waals surface area contributed by atoms with Crippen molar-refractivity contribution in [3.05, 3.63) is 95.7 Å². The molecule has 0 aliphatic rings. The Balaban J connectivity index is 1.44. The van der Waals surface area contributed by atoms with Gasteiger partial charge in [0.05, 0.1) is 6.61 Å². The van der Waals surface area contributed by atoms with Crippen LogP contribution in [0.3, 0.4) is 0 Å². The molecule has 4 aromatic rings. The largest absolute Gasteiger partial charge is 0.493 e. The Morgan fingerprint density at radius 3 is 2.55 bits per heavy atom. The first-order valence-corrected chi connectivity index (χ1v) is 9.42. The van der Waals surface area contributed by atoms with Crippen LogP contribution in [0.25, 0.3) is 10.9 Å². The van der Waals surface area contributed by atoms with Crippen LogP contribution in [0.4, 0.5) is 0 Å². The van der Waals surface area contributed by atoms with E-state index in [1.54, 1.807) is 12.1 Å². The van der Waals surface area contributed by atoms with Crippen LogP contribution in [0.5, 0.6) is 11.5 Å². The van der Waals surface area contributed by atoms with Crippen molar-refractivity contribution in [1.29, 1.82) is 0 Å². The Morgan fingerprint density at radius 2 is 1.72 bits per heavy atom. The van der Waals surface area contributed by atoms with E-state index < -0.39 is 5.97 Å². The van der Waals surface area contributed by atoms with E-state index in [4.69, 9.17) is 9.47 Å². The van der Waals surface area contributed by atoms with Gasteiger partial charge in [-0.3, -0.25) is 0 Å². The molecule has 29 heavy (non-hydrogen) atoms. The first-order valence-electron chi connectivity index (χ1n) is 9.42. The first-order chi connectivity index (χ1) is 14.2. The number of aromatic carboxylic acids is 1. The third-order valence-electron chi connectivity index (χ3n) is 4.74. The van der Waals surface area contributed by atoms with Gasteiger partial charge in [-0.05, 0) is 29.3 Å². The zero-order valence-corrected chi connectivity index (χ0v) is 15.8. The quantitative estimate of drug-likeness (QED) is 0.443. The number of H-pyrrole nitrogens is 1. The Labute approximate surface area is 168 Å². The van der Waals surface area contributed by atoms with Gasteiger partial charge in [-0.1, -0.05) is 48.5 Å². The molecule has 1 aromatic heterocycles. The van der Waals surface area contributed by atoms with Crippen molar-refractivity contribution in [3.8, 4) is 11.5 Å². The van der Waals surface area contributed by atoms with E-state index in [0.717, 1.165) is 17.5 Å². The van der Waals surface area contributed by atoms with Crippen molar-refractivity contribution in [2.24, 2.45) is 0 Å². The highest BCUT2D eigenvalue weighted by atomic mass is 16.5. The summed E-state index contributed by atoms with van der Waals surface area (Å²) in [5, 5.41) is 10.6. The van der Waals surface area contributed by atoms with Gasteiger partial charge in [0.2, 0.25) is 0 Å². The molecule has 0 aliphatic heterocycles. The molecule has 5 heteroatoms. The van der Waals surface area contributed by atoms with E-state index in [2.05, 4.69) is 11.1 Å². The van der Waals surface area contributed by atoms with Gasteiger partial charge < -0.3 is 19.6 Å². The van der Waals surface area contributed by atoms with E-state index in [9.17, 15) is 9.90 Å². The predicted molar refractivity (Wildman–Crippen MR) is 112 cm³/mol. The van der Waals surface area contributed by atoms with Gasteiger partial charge in [0.25, 0.3) is 0 Å². The monoisotopic (exact) mass is 387 g/mol. The van der Waals surface area contributed by atoms with Crippen LogP contribution in [0.2, 0.25) is 0 Å². The van der Waals surface area contributed by atoms with E-state index in [-0.39, 0.29) is 5.56 Å². The highest BCUT2D eigenvalue weighted by Gasteiger charge is 2.13. The molecular weight excluding hydrogens is 366 g/mol. The van der Waals surface area contributed by atoms with Crippen LogP contribution < -0.4 is 9.47 Å². The Bertz CT molecular complexity index is 1120. The number of fused-ring (bicyclic) bond motifs is 1. The van der Waals surface area contributed by atoms with Gasteiger partial charge in [-0.25, -0.2) is 4.79 Å². The number of nitrogens with one attached hydrogen (secondary N) is 1. The number of ether oxygens (including phenoxy) is 2. The fourth-order valence-electron chi connectivity index (χ4n) is 3.24. The minimum Gasteiger partial charge on any atom is -0.493 e. The Morgan fingerprint density at radius 1 is 0.931 bits per heavy atom. The topological polar surface area (TPSA) is 71.5 Å². The van der Waals surface area contributed by atoms with E-state index in [1.165, 1.54) is 17.0 Å². The van der Waals surface area contributed by atoms with Crippen LogP contribution >= 0.6 is 0 Å². The van der Waals surface area contributed by atoms with Crippen molar-refractivity contribution < 1.29 is 19.4 Å². The lowest BCUT2D eigenvalue weighted by molar-refractivity contribution is 0.0691. The smallest absolute Gasteiger partial charge is 0.339 e. The molecule has 4 rings (SSSR count). The molecule has 0 atom stereocenters. The van der Waals surface area contributed by atoms with Crippen molar-refractivity contribution >= 4 is 16.9 Å². The summed E-state index contributed by atoms with van der Waals surface area (Å²) in [6.07, 6.45) is 2.74. The van der Waals surface area contributed by atoms with E-state index in [0.29, 0.717) is 24.7 Å². The Kier molecular flexibility index (Phi) is 5.47. The van der Waals surface area contributed by atoms with Crippen molar-refractivity contribution in [2.45, 2.75) is 13.0 Å². The molecule has 3 aromatic carbocycles. The zero-order chi connectivity index (χ0) is 20.1. The summed E-state index contributed by atoms with van der Waals surface area (Å²) in [6, 6.07) is 22.6. The molecule has 0 spiro atoms. The number of para-hydroxylation sites is 1. The number of hydrogen-bond donors (Lipinski definition) is 2. The highest BCUT2D eigenvalue weighted by molar-refractivity contribution is 5.91. The third kappa shape index (κ3) is 4.41. The number of carbonyl (C=O) groups is 1. The number of benzene rings is 3. The fourth-order valence-corrected chi connectivity index (χ4v) is 3.24. The fraction of sp³-hybridized carbons (Fsp3) is 0.125. The van der Waals surface area contributed by atoms with Gasteiger partial charge in [-0.15, -0.1) is 0 Å². The van der Waals surface area contributed by atoms with Crippen molar-refractivity contribution in [1.82, 2.24) is 4.98 Å². The second kappa shape index (κ2) is 8.52. The second-order valence-corrected chi connectivity index (χ2v) is 6.70. The average Bonchev–Trinajstić information content (AvgIpc) is 3.16. The summed E-state index contributed by atoms with van der Waals surface area (Å²) in [7, 11) is 0. The lowest BCUT2D eigenvalue weighted by Gasteiger charge is -2.12. The van der Waals surface area contributed by atoms with Gasteiger partial charge in [0.1, 0.15) is 23.7 Å². The molecule has 146 valence electrons. The second-order valence-electron chi connectivity index (χ2n) is 6.70. The molecule has 0 radical (unpaired) electrons. The zero-order valence-electron chi connectivity index (χ0n) is 15.8. The predicted octanol–water partition coefficient (Wildman–Crippen LogP) is 5.07. The van der Waals surface area contributed by atoms with E-state index in [1.807, 2.05) is 54.7 Å². The minimum atomic E-state index is -1.03. The third-order valence-corrected chi connectivity index (χ3v) is 4.74. The highest BCUT2D eigenvalue weighted by Crippen LogP contribution is 2.26. The molecular formula is C24H21NO4. The summed E-state index contributed by atoms with van der Waals surface area (Å²) in [5.41, 5.74) is 3.37. The number of carboxylic acids is 1. The molecule has 2 N–H and O–H groups in total. The number of rotatable bonds is 8. The molecule has 0 aliphatic carbocycles. The lowest BCUT2D eigenvalue weighted by Crippen LogP contribution is -2.05. The Hall–Kier alpha value is -3.73. The molecule has 0 saturated carbocycles. The maximum atomic E-state index is 11.5. The van der Waals surface area contributed by atoms with Crippen LogP contribution in [-0.4, -0.2) is 22.7 Å². The normalized spacial score (nSPS) is 10.8. The summed E-state index contributed by atoms with van der Waals surface area (Å²) in [6.45, 7) is 0.770. The van der Waals surface area contributed by atoms with Gasteiger partial charge in [0, 0.05) is 29.6 Å². The molecule has 5 nitrogen and oxygen atoms in total. The van der Waals surface area contributed by atoms with Gasteiger partial charge in [-0.2, -0.15) is 0 Å². The summed E-state index contributed by atoms with van der Waals surface area (Å²) < 4.78 is 11.6. The average molecular weight is 387 g/mol. The molecule has 0 bridgehead atoms. The summed E-state index contributed by atoms with van der Waals surface area (Å²) >= 11 is 0. The molecule has 0 amide bonds. The van der Waals surface area contributed by atoms with Crippen molar-refractivity contribution in [3.63, 3.8) is 0 Å². The SMILES string of the molecule is O=C(O)c1ccc(OCCc2c[nH]c3ccccc23)cc1OCc1ccccc1.